The number of aryl methyl sites for hydroxylation is 1. The van der Waals surface area contributed by atoms with Gasteiger partial charge in [-0.1, -0.05) is 31.2 Å². The zero-order valence-corrected chi connectivity index (χ0v) is 8.09. The van der Waals surface area contributed by atoms with Crippen molar-refractivity contribution in [2.75, 3.05) is 6.54 Å². The maximum Gasteiger partial charge on any atom is 0.0294 e. The lowest BCUT2D eigenvalue weighted by atomic mass is 10.0. The van der Waals surface area contributed by atoms with Gasteiger partial charge in [0, 0.05) is 6.04 Å². The van der Waals surface area contributed by atoms with Crippen LogP contribution in [0.5, 0.6) is 0 Å². The number of hydrogen-bond acceptors (Lipinski definition) is 1. The summed E-state index contributed by atoms with van der Waals surface area (Å²) >= 11 is 0. The van der Waals surface area contributed by atoms with Gasteiger partial charge in [-0.25, -0.2) is 0 Å². The normalized spacial score (nSPS) is 12.9. The molecule has 1 unspecified atom stereocenters. The van der Waals surface area contributed by atoms with Crippen LogP contribution in [0, 0.1) is 6.92 Å². The van der Waals surface area contributed by atoms with Gasteiger partial charge in [0.2, 0.25) is 0 Å². The average Bonchev–Trinajstić information content (AvgIpc) is 2.05. The lowest BCUT2D eigenvalue weighted by Gasteiger charge is -2.14. The van der Waals surface area contributed by atoms with Crippen LogP contribution in [-0.2, 0) is 0 Å². The first kappa shape index (κ1) is 9.27. The molecule has 1 atom stereocenters. The predicted molar refractivity (Wildman–Crippen MR) is 53.3 cm³/mol. The van der Waals surface area contributed by atoms with Crippen LogP contribution in [0.4, 0.5) is 0 Å². The van der Waals surface area contributed by atoms with E-state index in [9.17, 15) is 0 Å². The van der Waals surface area contributed by atoms with Crippen molar-refractivity contribution in [2.45, 2.75) is 26.8 Å². The number of nitrogens with one attached hydrogen (secondary N) is 1. The van der Waals surface area contributed by atoms with Crippen molar-refractivity contribution < 1.29 is 0 Å². The summed E-state index contributed by atoms with van der Waals surface area (Å²) in [4.78, 5) is 0. The minimum Gasteiger partial charge on any atom is -0.310 e. The van der Waals surface area contributed by atoms with E-state index in [-0.39, 0.29) is 0 Å². The summed E-state index contributed by atoms with van der Waals surface area (Å²) in [5.74, 6) is 0. The Morgan fingerprint density at radius 2 is 2.00 bits per heavy atom. The van der Waals surface area contributed by atoms with Crippen molar-refractivity contribution in [3.8, 4) is 0 Å². The molecule has 0 spiro atoms. The highest BCUT2D eigenvalue weighted by molar-refractivity contribution is 5.28. The molecule has 12 heavy (non-hydrogen) atoms. The predicted octanol–water partition coefficient (Wildman–Crippen LogP) is 2.67. The van der Waals surface area contributed by atoms with Gasteiger partial charge in [-0.05, 0) is 31.5 Å². The SMILES string of the molecule is CCNC(C)c1ccccc1C. The van der Waals surface area contributed by atoms with Crippen LogP contribution in [-0.4, -0.2) is 6.54 Å². The highest BCUT2D eigenvalue weighted by Gasteiger charge is 2.04. The molecule has 1 nitrogen and oxygen atoms in total. The third kappa shape index (κ3) is 2.08. The molecule has 0 saturated heterocycles. The molecular weight excluding hydrogens is 146 g/mol. The molecule has 0 heterocycles. The van der Waals surface area contributed by atoms with E-state index in [1.54, 1.807) is 0 Å². The Hall–Kier alpha value is -0.820. The van der Waals surface area contributed by atoms with E-state index in [1.165, 1.54) is 11.1 Å². The van der Waals surface area contributed by atoms with Crippen LogP contribution in [0.15, 0.2) is 24.3 Å². The minimum atomic E-state index is 0.469. The third-order valence-electron chi connectivity index (χ3n) is 2.17. The largest absolute Gasteiger partial charge is 0.310 e. The highest BCUT2D eigenvalue weighted by atomic mass is 14.9. The fourth-order valence-corrected chi connectivity index (χ4v) is 1.49. The van der Waals surface area contributed by atoms with Crippen LogP contribution in [0.1, 0.15) is 31.0 Å². The molecule has 1 rings (SSSR count). The monoisotopic (exact) mass is 163 g/mol. The van der Waals surface area contributed by atoms with Gasteiger partial charge in [-0.2, -0.15) is 0 Å². The van der Waals surface area contributed by atoms with Gasteiger partial charge in [0.25, 0.3) is 0 Å². The fourth-order valence-electron chi connectivity index (χ4n) is 1.49. The second-order valence-electron chi connectivity index (χ2n) is 3.14. The Balaban J connectivity index is 2.79. The molecule has 0 aliphatic carbocycles. The quantitative estimate of drug-likeness (QED) is 0.722. The summed E-state index contributed by atoms with van der Waals surface area (Å²) < 4.78 is 0. The molecule has 1 aromatic carbocycles. The molecule has 0 amide bonds. The van der Waals surface area contributed by atoms with E-state index in [4.69, 9.17) is 0 Å². The average molecular weight is 163 g/mol. The second kappa shape index (κ2) is 4.27. The molecule has 0 bridgehead atoms. The second-order valence-corrected chi connectivity index (χ2v) is 3.14. The first-order valence-electron chi connectivity index (χ1n) is 4.54. The maximum absolute atomic E-state index is 3.40. The van der Waals surface area contributed by atoms with E-state index in [0.717, 1.165) is 6.54 Å². The van der Waals surface area contributed by atoms with Gasteiger partial charge < -0.3 is 5.32 Å². The van der Waals surface area contributed by atoms with Gasteiger partial charge in [-0.15, -0.1) is 0 Å². The van der Waals surface area contributed by atoms with E-state index in [2.05, 4.69) is 50.4 Å². The minimum absolute atomic E-state index is 0.469. The summed E-state index contributed by atoms with van der Waals surface area (Å²) in [6, 6.07) is 8.98. The highest BCUT2D eigenvalue weighted by Crippen LogP contribution is 2.15. The van der Waals surface area contributed by atoms with Crippen LogP contribution in [0.2, 0.25) is 0 Å². The van der Waals surface area contributed by atoms with Crippen molar-refractivity contribution in [3.05, 3.63) is 35.4 Å². The molecule has 1 N–H and O–H groups in total. The van der Waals surface area contributed by atoms with Gasteiger partial charge in [0.1, 0.15) is 0 Å². The Labute approximate surface area is 74.8 Å². The molecule has 0 aliphatic heterocycles. The molecule has 0 radical (unpaired) electrons. The summed E-state index contributed by atoms with van der Waals surface area (Å²) in [5.41, 5.74) is 2.77. The summed E-state index contributed by atoms with van der Waals surface area (Å²) in [6.07, 6.45) is 0. The Kier molecular flexibility index (Phi) is 3.30. The first-order chi connectivity index (χ1) is 5.75. The lowest BCUT2D eigenvalue weighted by Crippen LogP contribution is -2.18. The lowest BCUT2D eigenvalue weighted by molar-refractivity contribution is 0.595. The summed E-state index contributed by atoms with van der Waals surface area (Å²) in [5, 5.41) is 3.40. The molecule has 0 aromatic heterocycles. The summed E-state index contributed by atoms with van der Waals surface area (Å²) in [7, 11) is 0. The smallest absolute Gasteiger partial charge is 0.0294 e. The third-order valence-corrected chi connectivity index (χ3v) is 2.17. The van der Waals surface area contributed by atoms with E-state index >= 15 is 0 Å². The van der Waals surface area contributed by atoms with Gasteiger partial charge >= 0.3 is 0 Å². The maximum atomic E-state index is 3.40. The zero-order valence-electron chi connectivity index (χ0n) is 8.09. The number of hydrogen-bond donors (Lipinski definition) is 1. The first-order valence-corrected chi connectivity index (χ1v) is 4.54. The molecule has 1 heteroatoms. The molecule has 0 saturated carbocycles. The van der Waals surface area contributed by atoms with Gasteiger partial charge in [-0.3, -0.25) is 0 Å². The Morgan fingerprint density at radius 3 is 2.58 bits per heavy atom. The van der Waals surface area contributed by atoms with Crippen molar-refractivity contribution in [3.63, 3.8) is 0 Å². The van der Waals surface area contributed by atoms with Crippen molar-refractivity contribution in [1.29, 1.82) is 0 Å². The van der Waals surface area contributed by atoms with Crippen LogP contribution in [0.3, 0.4) is 0 Å². The Bertz CT molecular complexity index is 243. The van der Waals surface area contributed by atoms with E-state index in [1.807, 2.05) is 0 Å². The van der Waals surface area contributed by atoms with Crippen LogP contribution >= 0.6 is 0 Å². The van der Waals surface area contributed by atoms with Crippen molar-refractivity contribution in [1.82, 2.24) is 5.32 Å². The zero-order chi connectivity index (χ0) is 8.97. The van der Waals surface area contributed by atoms with Crippen molar-refractivity contribution in [2.24, 2.45) is 0 Å². The standard InChI is InChI=1S/C11H17N/c1-4-12-10(3)11-8-6-5-7-9(11)2/h5-8,10,12H,4H2,1-3H3. The van der Waals surface area contributed by atoms with Crippen LogP contribution < -0.4 is 5.32 Å². The van der Waals surface area contributed by atoms with Gasteiger partial charge in [0.15, 0.2) is 0 Å². The van der Waals surface area contributed by atoms with Crippen molar-refractivity contribution >= 4 is 0 Å². The molecule has 1 aromatic rings. The fraction of sp³-hybridized carbons (Fsp3) is 0.455. The van der Waals surface area contributed by atoms with E-state index < -0.39 is 0 Å². The topological polar surface area (TPSA) is 12.0 Å². The van der Waals surface area contributed by atoms with Gasteiger partial charge in [0.05, 0.1) is 0 Å². The Morgan fingerprint density at radius 1 is 1.33 bits per heavy atom. The number of rotatable bonds is 3. The van der Waals surface area contributed by atoms with E-state index in [0.29, 0.717) is 6.04 Å². The molecule has 0 aliphatic rings. The summed E-state index contributed by atoms with van der Waals surface area (Å²) in [6.45, 7) is 7.51. The molecule has 66 valence electrons. The molecular formula is C11H17N. The molecule has 0 fully saturated rings. The number of benzene rings is 1. The van der Waals surface area contributed by atoms with Crippen LogP contribution in [0.25, 0.3) is 0 Å².